The van der Waals surface area contributed by atoms with Crippen molar-refractivity contribution >= 4 is 29.4 Å². The molecular formula is C11H17ClN4O. The van der Waals surface area contributed by atoms with Crippen LogP contribution in [0.15, 0.2) is 21.3 Å². The van der Waals surface area contributed by atoms with E-state index in [1.807, 2.05) is 20.8 Å². The van der Waals surface area contributed by atoms with Gasteiger partial charge in [-0.25, -0.2) is 5.01 Å². The molecule has 0 fully saturated rings. The quantitative estimate of drug-likeness (QED) is 0.615. The lowest BCUT2D eigenvalue weighted by Crippen LogP contribution is -2.30. The first kappa shape index (κ1) is 13.7. The highest BCUT2D eigenvalue weighted by Crippen LogP contribution is 2.14. The molecule has 1 heterocycles. The van der Waals surface area contributed by atoms with Gasteiger partial charge in [0.15, 0.2) is 0 Å². The van der Waals surface area contributed by atoms with Crippen LogP contribution in [0.4, 0.5) is 0 Å². The highest BCUT2D eigenvalue weighted by Gasteiger charge is 2.09. The second kappa shape index (κ2) is 6.39. The Labute approximate surface area is 106 Å². The van der Waals surface area contributed by atoms with Crippen molar-refractivity contribution in [3.63, 3.8) is 0 Å². The molecule has 0 aromatic carbocycles. The van der Waals surface area contributed by atoms with Crippen LogP contribution in [0.1, 0.15) is 27.2 Å². The Kier molecular flexibility index (Phi) is 5.15. The van der Waals surface area contributed by atoms with Crippen LogP contribution in [0.5, 0.6) is 0 Å². The molecule has 0 bridgehead atoms. The van der Waals surface area contributed by atoms with Crippen LogP contribution >= 0.6 is 11.6 Å². The summed E-state index contributed by atoms with van der Waals surface area (Å²) in [6.07, 6.45) is 3.50. The van der Waals surface area contributed by atoms with Gasteiger partial charge in [-0.1, -0.05) is 11.6 Å². The number of rotatable bonds is 4. The van der Waals surface area contributed by atoms with Gasteiger partial charge in [0, 0.05) is 18.0 Å². The molecule has 1 N–H and O–H groups in total. The van der Waals surface area contributed by atoms with Gasteiger partial charge in [-0.05, 0) is 26.8 Å². The maximum Gasteiger partial charge on any atom is 0.225 e. The molecule has 94 valence electrons. The van der Waals surface area contributed by atoms with E-state index in [1.165, 1.54) is 11.2 Å². The fourth-order valence-electron chi connectivity index (χ4n) is 1.23. The lowest BCUT2D eigenvalue weighted by molar-refractivity contribution is -0.120. The predicted octanol–water partition coefficient (Wildman–Crippen LogP) is 1.70. The Morgan fingerprint density at radius 3 is 3.06 bits per heavy atom. The third kappa shape index (κ3) is 4.99. The number of nitrogens with zero attached hydrogens (tertiary/aromatic N) is 3. The molecule has 0 unspecified atom stereocenters. The highest BCUT2D eigenvalue weighted by atomic mass is 35.5. The van der Waals surface area contributed by atoms with Crippen LogP contribution in [0.2, 0.25) is 0 Å². The minimum atomic E-state index is -0.0551. The summed E-state index contributed by atoms with van der Waals surface area (Å²) in [4.78, 5) is 15.5. The van der Waals surface area contributed by atoms with Gasteiger partial charge in [0.1, 0.15) is 11.8 Å². The molecule has 0 aromatic heterocycles. The van der Waals surface area contributed by atoms with Gasteiger partial charge in [-0.3, -0.25) is 9.79 Å². The third-order valence-electron chi connectivity index (χ3n) is 1.98. The average Bonchev–Trinajstić information content (AvgIpc) is 2.20. The Morgan fingerprint density at radius 2 is 2.47 bits per heavy atom. The summed E-state index contributed by atoms with van der Waals surface area (Å²) < 4.78 is 0. The van der Waals surface area contributed by atoms with E-state index >= 15 is 0 Å². The SMILES string of the molecule is CC1=NCN(/N=C\CC(=O)NC(C)C)C(Cl)=C1. The molecule has 0 atom stereocenters. The van der Waals surface area contributed by atoms with Crippen molar-refractivity contribution in [2.24, 2.45) is 10.1 Å². The monoisotopic (exact) mass is 256 g/mol. The van der Waals surface area contributed by atoms with Crippen molar-refractivity contribution in [1.29, 1.82) is 0 Å². The normalized spacial score (nSPS) is 16.2. The number of amides is 1. The highest BCUT2D eigenvalue weighted by molar-refractivity contribution is 6.31. The van der Waals surface area contributed by atoms with Crippen LogP contribution in [0.25, 0.3) is 0 Å². The van der Waals surface area contributed by atoms with Gasteiger partial charge in [0.05, 0.1) is 6.42 Å². The van der Waals surface area contributed by atoms with E-state index in [0.717, 1.165) is 5.71 Å². The van der Waals surface area contributed by atoms with E-state index in [1.54, 1.807) is 6.08 Å². The Hall–Kier alpha value is -1.36. The summed E-state index contributed by atoms with van der Waals surface area (Å²) in [6.45, 7) is 6.09. The van der Waals surface area contributed by atoms with Crippen LogP contribution in [0.3, 0.4) is 0 Å². The summed E-state index contributed by atoms with van der Waals surface area (Å²) in [5, 5.41) is 8.91. The topological polar surface area (TPSA) is 57.1 Å². The van der Waals surface area contributed by atoms with Crippen molar-refractivity contribution < 1.29 is 4.79 Å². The summed E-state index contributed by atoms with van der Waals surface area (Å²) in [5.41, 5.74) is 0.874. The molecule has 1 aliphatic heterocycles. The van der Waals surface area contributed by atoms with Gasteiger partial charge >= 0.3 is 0 Å². The van der Waals surface area contributed by atoms with E-state index in [9.17, 15) is 4.79 Å². The molecule has 1 aliphatic rings. The average molecular weight is 257 g/mol. The molecule has 17 heavy (non-hydrogen) atoms. The number of hydrogen-bond donors (Lipinski definition) is 1. The third-order valence-corrected chi connectivity index (χ3v) is 2.28. The molecule has 0 saturated heterocycles. The number of halogens is 1. The predicted molar refractivity (Wildman–Crippen MR) is 70.1 cm³/mol. The van der Waals surface area contributed by atoms with Gasteiger partial charge in [0.2, 0.25) is 5.91 Å². The van der Waals surface area contributed by atoms with E-state index in [-0.39, 0.29) is 18.4 Å². The van der Waals surface area contributed by atoms with Gasteiger partial charge < -0.3 is 5.32 Å². The van der Waals surface area contributed by atoms with Crippen molar-refractivity contribution in [1.82, 2.24) is 10.3 Å². The second-order valence-electron chi connectivity index (χ2n) is 4.03. The maximum absolute atomic E-state index is 11.3. The van der Waals surface area contributed by atoms with Crippen molar-refractivity contribution in [2.75, 3.05) is 6.67 Å². The molecule has 1 amide bonds. The Balaban J connectivity index is 2.40. The van der Waals surface area contributed by atoms with E-state index in [2.05, 4.69) is 15.4 Å². The lowest BCUT2D eigenvalue weighted by Gasteiger charge is -2.19. The number of carbonyl (C=O) groups is 1. The molecule has 6 heteroatoms. The van der Waals surface area contributed by atoms with Gasteiger partial charge in [0.25, 0.3) is 0 Å². The van der Waals surface area contributed by atoms with Crippen LogP contribution in [0, 0.1) is 0 Å². The zero-order valence-corrected chi connectivity index (χ0v) is 11.0. The summed E-state index contributed by atoms with van der Waals surface area (Å²) in [6, 6.07) is 0.140. The molecule has 0 radical (unpaired) electrons. The first-order valence-electron chi connectivity index (χ1n) is 5.46. The molecule has 0 saturated carbocycles. The molecule has 0 spiro atoms. The standard InChI is InChI=1S/C11H17ClN4O/c1-8(2)15-11(17)4-5-14-16-7-13-9(3)6-10(16)12/h5-6,8H,4,7H2,1-3H3,(H,15,17)/b14-5-. The van der Waals surface area contributed by atoms with Crippen molar-refractivity contribution in [3.8, 4) is 0 Å². The van der Waals surface area contributed by atoms with Crippen LogP contribution < -0.4 is 5.32 Å². The minimum absolute atomic E-state index is 0.0551. The summed E-state index contributed by atoms with van der Waals surface area (Å²) in [7, 11) is 0. The molecule has 5 nitrogen and oxygen atoms in total. The molecular weight excluding hydrogens is 240 g/mol. The Morgan fingerprint density at radius 1 is 1.76 bits per heavy atom. The van der Waals surface area contributed by atoms with Crippen molar-refractivity contribution in [3.05, 3.63) is 11.2 Å². The van der Waals surface area contributed by atoms with Crippen LogP contribution in [-0.4, -0.2) is 35.6 Å². The van der Waals surface area contributed by atoms with E-state index in [0.29, 0.717) is 11.8 Å². The number of allylic oxidation sites excluding steroid dienone is 1. The van der Waals surface area contributed by atoms with E-state index < -0.39 is 0 Å². The smallest absolute Gasteiger partial charge is 0.225 e. The number of carbonyl (C=O) groups excluding carboxylic acids is 1. The zero-order chi connectivity index (χ0) is 12.8. The second-order valence-corrected chi connectivity index (χ2v) is 4.42. The van der Waals surface area contributed by atoms with Crippen molar-refractivity contribution in [2.45, 2.75) is 33.2 Å². The molecule has 1 rings (SSSR count). The maximum atomic E-state index is 11.3. The largest absolute Gasteiger partial charge is 0.354 e. The van der Waals surface area contributed by atoms with Crippen LogP contribution in [-0.2, 0) is 4.79 Å². The number of aliphatic imine (C=N–C) groups is 1. The molecule has 0 aliphatic carbocycles. The van der Waals surface area contributed by atoms with E-state index in [4.69, 9.17) is 11.6 Å². The zero-order valence-electron chi connectivity index (χ0n) is 10.3. The van der Waals surface area contributed by atoms with Gasteiger partial charge in [-0.2, -0.15) is 5.10 Å². The fraction of sp³-hybridized carbons (Fsp3) is 0.545. The minimum Gasteiger partial charge on any atom is -0.354 e. The number of hydrazone groups is 1. The van der Waals surface area contributed by atoms with Gasteiger partial charge in [-0.15, -0.1) is 0 Å². The fourth-order valence-corrected chi connectivity index (χ4v) is 1.49. The lowest BCUT2D eigenvalue weighted by atomic mass is 10.3. The number of hydrogen-bond acceptors (Lipinski definition) is 4. The first-order chi connectivity index (χ1) is 7.99. The number of nitrogens with one attached hydrogen (secondary N) is 1. The molecule has 0 aromatic rings. The summed E-state index contributed by atoms with van der Waals surface area (Å²) in [5.74, 6) is -0.0551. The Bertz CT molecular complexity index is 374. The first-order valence-corrected chi connectivity index (χ1v) is 5.84. The summed E-state index contributed by atoms with van der Waals surface area (Å²) >= 11 is 5.97.